The summed E-state index contributed by atoms with van der Waals surface area (Å²) in [5, 5.41) is 4.28. The summed E-state index contributed by atoms with van der Waals surface area (Å²) in [6.45, 7) is 4.00. The number of hydrogen-bond acceptors (Lipinski definition) is 4. The molecule has 2 rings (SSSR count). The van der Waals surface area contributed by atoms with Gasteiger partial charge in [-0.3, -0.25) is 4.98 Å². The largest absolute Gasteiger partial charge is 0.365 e. The highest BCUT2D eigenvalue weighted by molar-refractivity contribution is 7.99. The van der Waals surface area contributed by atoms with Gasteiger partial charge in [-0.2, -0.15) is 11.8 Å². The lowest BCUT2D eigenvalue weighted by Crippen LogP contribution is -2.27. The number of aromatic nitrogens is 2. The number of rotatable bonds is 3. The highest BCUT2D eigenvalue weighted by atomic mass is 32.2. The van der Waals surface area contributed by atoms with Gasteiger partial charge in [-0.1, -0.05) is 6.42 Å². The number of thioether (sulfide) groups is 1. The predicted octanol–water partition coefficient (Wildman–Crippen LogP) is 2.79. The fraction of sp³-hybridized carbons (Fsp3) is 0.667. The van der Waals surface area contributed by atoms with Crippen molar-refractivity contribution >= 4 is 17.6 Å². The summed E-state index contributed by atoms with van der Waals surface area (Å²) in [4.78, 5) is 8.86. The summed E-state index contributed by atoms with van der Waals surface area (Å²) in [5.41, 5.74) is 1.98. The molecular weight excluding hydrogens is 218 g/mol. The molecule has 1 saturated carbocycles. The molecule has 1 aliphatic rings. The average molecular weight is 237 g/mol. The maximum atomic E-state index is 4.52. The Morgan fingerprint density at radius 3 is 2.94 bits per heavy atom. The van der Waals surface area contributed by atoms with Crippen LogP contribution in [0.2, 0.25) is 0 Å². The van der Waals surface area contributed by atoms with Gasteiger partial charge in [-0.15, -0.1) is 0 Å². The monoisotopic (exact) mass is 237 g/mol. The maximum absolute atomic E-state index is 4.52. The molecule has 88 valence electrons. The molecule has 0 amide bonds. The van der Waals surface area contributed by atoms with Gasteiger partial charge in [0.1, 0.15) is 5.82 Å². The molecule has 16 heavy (non-hydrogen) atoms. The molecule has 1 N–H and O–H groups in total. The first-order valence-corrected chi connectivity index (χ1v) is 7.09. The molecule has 1 fully saturated rings. The number of nitrogens with zero attached hydrogens (tertiary/aromatic N) is 2. The molecule has 4 heteroatoms. The molecule has 1 heterocycles. The van der Waals surface area contributed by atoms with E-state index < -0.39 is 0 Å². The van der Waals surface area contributed by atoms with Gasteiger partial charge in [0.25, 0.3) is 0 Å². The molecule has 1 aromatic rings. The van der Waals surface area contributed by atoms with Crippen LogP contribution in [0.4, 0.5) is 5.82 Å². The van der Waals surface area contributed by atoms with Crippen LogP contribution in [0.15, 0.2) is 6.20 Å². The fourth-order valence-electron chi connectivity index (χ4n) is 2.22. The lowest BCUT2D eigenvalue weighted by molar-refractivity contribution is 0.759. The quantitative estimate of drug-likeness (QED) is 0.877. The molecule has 0 bridgehead atoms. The molecule has 2 unspecified atom stereocenters. The van der Waals surface area contributed by atoms with Crippen molar-refractivity contribution in [1.82, 2.24) is 9.97 Å². The molecule has 1 aromatic heterocycles. The van der Waals surface area contributed by atoms with Gasteiger partial charge in [0.15, 0.2) is 0 Å². The van der Waals surface area contributed by atoms with Crippen molar-refractivity contribution in [2.24, 2.45) is 0 Å². The normalized spacial score (nSPS) is 24.7. The van der Waals surface area contributed by atoms with E-state index in [1.54, 1.807) is 0 Å². The van der Waals surface area contributed by atoms with E-state index in [1.807, 2.05) is 31.8 Å². The van der Waals surface area contributed by atoms with Gasteiger partial charge < -0.3 is 5.32 Å². The minimum absolute atomic E-state index is 0.560. The van der Waals surface area contributed by atoms with Gasteiger partial charge >= 0.3 is 0 Å². The van der Waals surface area contributed by atoms with E-state index in [0.717, 1.165) is 22.5 Å². The maximum Gasteiger partial charge on any atom is 0.148 e. The average Bonchev–Trinajstić information content (AvgIpc) is 2.71. The summed E-state index contributed by atoms with van der Waals surface area (Å²) >= 11 is 1.96. The summed E-state index contributed by atoms with van der Waals surface area (Å²) in [5.74, 6) is 0.964. The Kier molecular flexibility index (Phi) is 3.69. The first-order chi connectivity index (χ1) is 7.70. The van der Waals surface area contributed by atoms with Gasteiger partial charge in [0.05, 0.1) is 11.4 Å². The van der Waals surface area contributed by atoms with Crippen LogP contribution in [0, 0.1) is 13.8 Å². The highest BCUT2D eigenvalue weighted by Crippen LogP contribution is 2.30. The van der Waals surface area contributed by atoms with E-state index in [1.165, 1.54) is 19.3 Å². The Morgan fingerprint density at radius 2 is 2.19 bits per heavy atom. The van der Waals surface area contributed by atoms with Crippen molar-refractivity contribution in [3.8, 4) is 0 Å². The molecular formula is C12H19N3S. The van der Waals surface area contributed by atoms with Crippen LogP contribution in [0.25, 0.3) is 0 Å². The SMILES string of the molecule is CSC1CCCC1Nc1nc(C)cnc1C. The van der Waals surface area contributed by atoms with E-state index in [9.17, 15) is 0 Å². The predicted molar refractivity (Wildman–Crippen MR) is 70.1 cm³/mol. The minimum atomic E-state index is 0.560. The lowest BCUT2D eigenvalue weighted by Gasteiger charge is -2.20. The van der Waals surface area contributed by atoms with E-state index in [2.05, 4.69) is 21.5 Å². The standard InChI is InChI=1S/C12H19N3S/c1-8-7-13-9(2)12(14-8)15-10-5-4-6-11(10)16-3/h7,10-11H,4-6H2,1-3H3,(H,14,15). The Hall–Kier alpha value is -0.770. The Labute approximate surface area is 101 Å². The number of hydrogen-bond donors (Lipinski definition) is 1. The third-order valence-corrected chi connectivity index (χ3v) is 4.32. The van der Waals surface area contributed by atoms with Crippen LogP contribution in [0.3, 0.4) is 0 Å². The molecule has 0 radical (unpaired) electrons. The van der Waals surface area contributed by atoms with Crippen molar-refractivity contribution in [3.05, 3.63) is 17.6 Å². The summed E-state index contributed by atoms with van der Waals surface area (Å²) in [7, 11) is 0. The smallest absolute Gasteiger partial charge is 0.148 e. The van der Waals surface area contributed by atoms with E-state index in [4.69, 9.17) is 0 Å². The second kappa shape index (κ2) is 5.04. The van der Waals surface area contributed by atoms with E-state index in [-0.39, 0.29) is 0 Å². The molecule has 3 nitrogen and oxygen atoms in total. The van der Waals surface area contributed by atoms with Crippen molar-refractivity contribution in [2.75, 3.05) is 11.6 Å². The Morgan fingerprint density at radius 1 is 1.38 bits per heavy atom. The fourth-order valence-corrected chi connectivity index (χ4v) is 3.16. The van der Waals surface area contributed by atoms with Crippen LogP contribution in [-0.4, -0.2) is 27.5 Å². The van der Waals surface area contributed by atoms with Crippen LogP contribution >= 0.6 is 11.8 Å². The second-order valence-electron chi connectivity index (χ2n) is 4.40. The summed E-state index contributed by atoms with van der Waals surface area (Å²) < 4.78 is 0. The molecule has 0 aromatic carbocycles. The van der Waals surface area contributed by atoms with Crippen molar-refractivity contribution in [3.63, 3.8) is 0 Å². The third-order valence-electron chi connectivity index (χ3n) is 3.15. The van der Waals surface area contributed by atoms with Crippen LogP contribution < -0.4 is 5.32 Å². The van der Waals surface area contributed by atoms with Crippen LogP contribution in [-0.2, 0) is 0 Å². The molecule has 2 atom stereocenters. The van der Waals surface area contributed by atoms with Gasteiger partial charge in [0, 0.05) is 17.5 Å². The van der Waals surface area contributed by atoms with Crippen LogP contribution in [0.5, 0.6) is 0 Å². The number of aryl methyl sites for hydroxylation is 2. The third kappa shape index (κ3) is 2.48. The zero-order valence-electron chi connectivity index (χ0n) is 10.2. The second-order valence-corrected chi connectivity index (χ2v) is 5.48. The molecule has 0 saturated heterocycles. The van der Waals surface area contributed by atoms with E-state index >= 15 is 0 Å². The molecule has 0 aliphatic heterocycles. The topological polar surface area (TPSA) is 37.8 Å². The Balaban J connectivity index is 2.11. The summed E-state index contributed by atoms with van der Waals surface area (Å²) in [6, 6.07) is 0.560. The molecule has 0 spiro atoms. The minimum Gasteiger partial charge on any atom is -0.365 e. The van der Waals surface area contributed by atoms with Gasteiger partial charge in [0.2, 0.25) is 0 Å². The van der Waals surface area contributed by atoms with Gasteiger partial charge in [-0.05, 0) is 32.9 Å². The van der Waals surface area contributed by atoms with Crippen molar-refractivity contribution in [1.29, 1.82) is 0 Å². The highest BCUT2D eigenvalue weighted by Gasteiger charge is 2.26. The van der Waals surface area contributed by atoms with E-state index in [0.29, 0.717) is 6.04 Å². The zero-order valence-corrected chi connectivity index (χ0v) is 11.0. The number of anilines is 1. The first kappa shape index (κ1) is 11.7. The lowest BCUT2D eigenvalue weighted by atomic mass is 10.2. The Bertz CT molecular complexity index is 367. The zero-order chi connectivity index (χ0) is 11.5. The van der Waals surface area contributed by atoms with Crippen molar-refractivity contribution in [2.45, 2.75) is 44.4 Å². The number of nitrogens with one attached hydrogen (secondary N) is 1. The van der Waals surface area contributed by atoms with Crippen molar-refractivity contribution < 1.29 is 0 Å². The summed E-state index contributed by atoms with van der Waals surface area (Å²) in [6.07, 6.45) is 7.90. The van der Waals surface area contributed by atoms with Crippen LogP contribution in [0.1, 0.15) is 30.7 Å². The van der Waals surface area contributed by atoms with Gasteiger partial charge in [-0.25, -0.2) is 4.98 Å². The first-order valence-electron chi connectivity index (χ1n) is 5.80. The molecule has 1 aliphatic carbocycles.